The van der Waals surface area contributed by atoms with Crippen LogP contribution in [-0.4, -0.2) is 29.4 Å². The van der Waals surface area contributed by atoms with E-state index in [-0.39, 0.29) is 24.3 Å². The van der Waals surface area contributed by atoms with Crippen LogP contribution in [0.4, 0.5) is 0 Å². The highest BCUT2D eigenvalue weighted by atomic mass is 79.9. The molecule has 0 saturated heterocycles. The van der Waals surface area contributed by atoms with Crippen LogP contribution in [0.25, 0.3) is 0 Å². The molecule has 0 saturated carbocycles. The minimum atomic E-state index is -0.193. The van der Waals surface area contributed by atoms with Crippen LogP contribution >= 0.6 is 27.7 Å². The molecule has 7 heteroatoms. The molecule has 0 aliphatic carbocycles. The molecular weight excluding hydrogens is 414 g/mol. The maximum absolute atomic E-state index is 12.5. The first-order chi connectivity index (χ1) is 12.5. The molecule has 0 fully saturated rings. The quantitative estimate of drug-likeness (QED) is 0.656. The Balaban J connectivity index is 1.94. The summed E-state index contributed by atoms with van der Waals surface area (Å²) in [6.07, 6.45) is 2.87. The number of benzene rings is 1. The largest absolute Gasteiger partial charge is 0.354 e. The average molecular weight is 436 g/mol. The number of aromatic nitrogens is 1. The van der Waals surface area contributed by atoms with Gasteiger partial charge in [-0.05, 0) is 53.5 Å². The fourth-order valence-electron chi connectivity index (χ4n) is 2.11. The van der Waals surface area contributed by atoms with Crippen molar-refractivity contribution in [1.82, 2.24) is 15.6 Å². The number of pyridine rings is 1. The Morgan fingerprint density at radius 2 is 2.00 bits per heavy atom. The molecule has 26 heavy (non-hydrogen) atoms. The number of amides is 2. The average Bonchev–Trinajstić information content (AvgIpc) is 2.63. The molecule has 1 heterocycles. The molecule has 2 aromatic rings. The van der Waals surface area contributed by atoms with E-state index in [2.05, 4.69) is 31.5 Å². The van der Waals surface area contributed by atoms with E-state index in [1.165, 1.54) is 11.8 Å². The molecular formula is C19H22BrN3O2S. The van der Waals surface area contributed by atoms with Gasteiger partial charge in [0, 0.05) is 34.6 Å². The van der Waals surface area contributed by atoms with E-state index in [1.54, 1.807) is 12.3 Å². The lowest BCUT2D eigenvalue weighted by atomic mass is 10.2. The second-order valence-electron chi connectivity index (χ2n) is 5.80. The normalized spacial score (nSPS) is 11.7. The fraction of sp³-hybridized carbons (Fsp3) is 0.316. The Morgan fingerprint density at radius 3 is 2.69 bits per heavy atom. The summed E-state index contributed by atoms with van der Waals surface area (Å²) in [7, 11) is 0. The fourth-order valence-corrected chi connectivity index (χ4v) is 3.23. The molecule has 0 spiro atoms. The highest BCUT2D eigenvalue weighted by Crippen LogP contribution is 2.29. The van der Waals surface area contributed by atoms with Crippen molar-refractivity contribution >= 4 is 39.5 Å². The van der Waals surface area contributed by atoms with E-state index >= 15 is 0 Å². The predicted octanol–water partition coefficient (Wildman–Crippen LogP) is 4.03. The molecule has 1 unspecified atom stereocenters. The molecule has 0 aliphatic rings. The molecule has 0 aliphatic heterocycles. The van der Waals surface area contributed by atoms with Crippen molar-refractivity contribution in [3.63, 3.8) is 0 Å². The van der Waals surface area contributed by atoms with Gasteiger partial charge in [-0.15, -0.1) is 0 Å². The summed E-state index contributed by atoms with van der Waals surface area (Å²) >= 11 is 4.79. The van der Waals surface area contributed by atoms with Gasteiger partial charge in [0.1, 0.15) is 5.03 Å². The minimum Gasteiger partial charge on any atom is -0.354 e. The van der Waals surface area contributed by atoms with Crippen molar-refractivity contribution in [1.29, 1.82) is 0 Å². The third-order valence-electron chi connectivity index (χ3n) is 3.70. The van der Waals surface area contributed by atoms with Crippen LogP contribution in [0.3, 0.4) is 0 Å². The van der Waals surface area contributed by atoms with E-state index in [1.807, 2.05) is 44.2 Å². The summed E-state index contributed by atoms with van der Waals surface area (Å²) in [6.45, 7) is 4.28. The van der Waals surface area contributed by atoms with Gasteiger partial charge < -0.3 is 10.6 Å². The summed E-state index contributed by atoms with van der Waals surface area (Å²) in [5, 5.41) is 6.51. The van der Waals surface area contributed by atoms with Gasteiger partial charge in [0.2, 0.25) is 5.91 Å². The van der Waals surface area contributed by atoms with Crippen LogP contribution in [0, 0.1) is 0 Å². The van der Waals surface area contributed by atoms with Crippen molar-refractivity contribution in [3.05, 3.63) is 52.6 Å². The molecule has 0 bridgehead atoms. The first-order valence-corrected chi connectivity index (χ1v) is 10.1. The zero-order valence-electron chi connectivity index (χ0n) is 14.8. The van der Waals surface area contributed by atoms with Crippen molar-refractivity contribution in [3.8, 4) is 0 Å². The maximum Gasteiger partial charge on any atom is 0.252 e. The van der Waals surface area contributed by atoms with Gasteiger partial charge in [0.05, 0.1) is 5.56 Å². The first kappa shape index (κ1) is 20.5. The van der Waals surface area contributed by atoms with Crippen LogP contribution in [0.15, 0.2) is 57.0 Å². The number of nitrogens with zero attached hydrogens (tertiary/aromatic N) is 1. The number of nitrogens with one attached hydrogen (secondary N) is 2. The van der Waals surface area contributed by atoms with E-state index in [0.717, 1.165) is 20.8 Å². The van der Waals surface area contributed by atoms with E-state index in [0.29, 0.717) is 12.1 Å². The molecule has 2 amide bonds. The Hall–Kier alpha value is -1.86. The van der Waals surface area contributed by atoms with Crippen LogP contribution < -0.4 is 10.6 Å². The van der Waals surface area contributed by atoms with Gasteiger partial charge >= 0.3 is 0 Å². The summed E-state index contributed by atoms with van der Waals surface area (Å²) in [5.74, 6) is -0.247. The molecule has 2 N–H and O–H groups in total. The van der Waals surface area contributed by atoms with Crippen molar-refractivity contribution in [2.45, 2.75) is 42.7 Å². The molecule has 5 nitrogen and oxygen atoms in total. The number of hydrogen-bond acceptors (Lipinski definition) is 4. The summed E-state index contributed by atoms with van der Waals surface area (Å²) in [6, 6.07) is 11.3. The van der Waals surface area contributed by atoms with E-state index < -0.39 is 0 Å². The van der Waals surface area contributed by atoms with Crippen LogP contribution in [0.2, 0.25) is 0 Å². The Kier molecular flexibility index (Phi) is 8.12. The molecule has 1 aromatic carbocycles. The first-order valence-electron chi connectivity index (χ1n) is 8.45. The van der Waals surface area contributed by atoms with E-state index in [9.17, 15) is 9.59 Å². The topological polar surface area (TPSA) is 71.1 Å². The zero-order valence-corrected chi connectivity index (χ0v) is 17.2. The third kappa shape index (κ3) is 6.46. The van der Waals surface area contributed by atoms with Crippen molar-refractivity contribution < 1.29 is 9.59 Å². The highest BCUT2D eigenvalue weighted by molar-refractivity contribution is 9.10. The number of carbonyl (C=O) groups excluding carboxylic acids is 2. The predicted molar refractivity (Wildman–Crippen MR) is 107 cm³/mol. The van der Waals surface area contributed by atoms with Crippen molar-refractivity contribution in [2.24, 2.45) is 0 Å². The Morgan fingerprint density at radius 1 is 1.23 bits per heavy atom. The summed E-state index contributed by atoms with van der Waals surface area (Å²) < 4.78 is 0.906. The second kappa shape index (κ2) is 10.3. The lowest BCUT2D eigenvalue weighted by molar-refractivity contribution is -0.121. The number of hydrogen-bond donors (Lipinski definition) is 2. The smallest absolute Gasteiger partial charge is 0.252 e. The maximum atomic E-state index is 12.5. The van der Waals surface area contributed by atoms with Gasteiger partial charge in [0.25, 0.3) is 5.91 Å². The van der Waals surface area contributed by atoms with Gasteiger partial charge in [-0.2, -0.15) is 0 Å². The lowest BCUT2D eigenvalue weighted by Gasteiger charge is -2.12. The van der Waals surface area contributed by atoms with Crippen LogP contribution in [0.1, 0.15) is 37.0 Å². The van der Waals surface area contributed by atoms with E-state index in [4.69, 9.17) is 0 Å². The van der Waals surface area contributed by atoms with Gasteiger partial charge in [0.15, 0.2) is 0 Å². The zero-order chi connectivity index (χ0) is 18.9. The number of carbonyl (C=O) groups is 2. The Labute approximate surface area is 166 Å². The molecule has 138 valence electrons. The molecule has 0 radical (unpaired) electrons. The molecule has 1 aromatic heterocycles. The number of rotatable bonds is 8. The summed E-state index contributed by atoms with van der Waals surface area (Å²) in [5.41, 5.74) is 0.574. The van der Waals surface area contributed by atoms with Gasteiger partial charge in [-0.3, -0.25) is 9.59 Å². The third-order valence-corrected chi connectivity index (χ3v) is 5.20. The van der Waals surface area contributed by atoms with Crippen molar-refractivity contribution in [2.75, 3.05) is 6.54 Å². The van der Waals surface area contributed by atoms with Gasteiger partial charge in [-0.25, -0.2) is 4.98 Å². The second-order valence-corrected chi connectivity index (χ2v) is 7.77. The van der Waals surface area contributed by atoms with Crippen LogP contribution in [-0.2, 0) is 4.79 Å². The molecule has 1 atom stereocenters. The molecule has 2 rings (SSSR count). The minimum absolute atomic E-state index is 0.0543. The van der Waals surface area contributed by atoms with Gasteiger partial charge in [-0.1, -0.05) is 30.8 Å². The highest BCUT2D eigenvalue weighted by Gasteiger charge is 2.13. The SMILES string of the molecule is CCC(C)NC(=O)CCNC(=O)c1ccccc1Sc1ccc(Br)cn1. The van der Waals surface area contributed by atoms with Crippen LogP contribution in [0.5, 0.6) is 0 Å². The number of halogens is 1. The monoisotopic (exact) mass is 435 g/mol. The lowest BCUT2D eigenvalue weighted by Crippen LogP contribution is -2.35. The Bertz CT molecular complexity index is 753. The standard InChI is InChI=1S/C19H22BrN3O2S/c1-3-13(2)23-17(24)10-11-21-19(25)15-6-4-5-7-16(15)26-18-9-8-14(20)12-22-18/h4-9,12-13H,3,10-11H2,1-2H3,(H,21,25)(H,23,24). The summed E-state index contributed by atoms with van der Waals surface area (Å²) in [4.78, 5) is 29.4.